The number of nitrogens with two attached hydrogens (primary N) is 1. The van der Waals surface area contributed by atoms with E-state index in [0.717, 1.165) is 6.42 Å². The maximum absolute atomic E-state index is 9.44. The molecule has 2 rings (SSSR count). The van der Waals surface area contributed by atoms with E-state index in [0.29, 0.717) is 5.56 Å². The van der Waals surface area contributed by atoms with Crippen molar-refractivity contribution >= 4 is 0 Å². The molecule has 0 spiro atoms. The van der Waals surface area contributed by atoms with Crippen LogP contribution < -0.4 is 5.73 Å². The predicted molar refractivity (Wildman–Crippen MR) is 46.8 cm³/mol. The molecule has 0 bridgehead atoms. The molecule has 0 aromatic heterocycles. The molecule has 4 nitrogen and oxygen atoms in total. The van der Waals surface area contributed by atoms with Crippen molar-refractivity contribution in [1.82, 2.24) is 0 Å². The highest BCUT2D eigenvalue weighted by molar-refractivity contribution is 5.55. The van der Waals surface area contributed by atoms with Crippen LogP contribution in [0.4, 0.5) is 0 Å². The minimum absolute atomic E-state index is 0.0647. The molecule has 2 unspecified atom stereocenters. The van der Waals surface area contributed by atoms with E-state index in [2.05, 4.69) is 0 Å². The Bertz CT molecular complexity index is 351. The van der Waals surface area contributed by atoms with Gasteiger partial charge in [0.2, 0.25) is 5.75 Å². The molecule has 70 valence electrons. The second kappa shape index (κ2) is 2.53. The van der Waals surface area contributed by atoms with Crippen molar-refractivity contribution in [2.24, 2.45) is 5.73 Å². The van der Waals surface area contributed by atoms with Gasteiger partial charge >= 0.3 is 0 Å². The molecule has 1 aromatic carbocycles. The van der Waals surface area contributed by atoms with E-state index < -0.39 is 5.75 Å². The second-order valence-corrected chi connectivity index (χ2v) is 3.38. The normalized spacial score (nSPS) is 25.9. The van der Waals surface area contributed by atoms with Crippen molar-refractivity contribution in [3.63, 3.8) is 0 Å². The highest BCUT2D eigenvalue weighted by atomic mass is 16.3. The Morgan fingerprint density at radius 3 is 2.31 bits per heavy atom. The van der Waals surface area contributed by atoms with Crippen LogP contribution in [0.3, 0.4) is 0 Å². The fourth-order valence-electron chi connectivity index (χ4n) is 1.46. The smallest absolute Gasteiger partial charge is 0.200 e. The summed E-state index contributed by atoms with van der Waals surface area (Å²) < 4.78 is 0. The van der Waals surface area contributed by atoms with Crippen molar-refractivity contribution < 1.29 is 15.3 Å². The Labute approximate surface area is 75.2 Å². The third kappa shape index (κ3) is 1.19. The van der Waals surface area contributed by atoms with Crippen LogP contribution in [-0.4, -0.2) is 21.4 Å². The van der Waals surface area contributed by atoms with Crippen molar-refractivity contribution in [1.29, 1.82) is 0 Å². The van der Waals surface area contributed by atoms with E-state index in [1.807, 2.05) is 0 Å². The molecule has 1 saturated carbocycles. The number of hydrogen-bond acceptors (Lipinski definition) is 4. The van der Waals surface area contributed by atoms with E-state index in [-0.39, 0.29) is 23.5 Å². The minimum atomic E-state index is -0.461. The van der Waals surface area contributed by atoms with Gasteiger partial charge in [-0.25, -0.2) is 0 Å². The SMILES string of the molecule is NC1CC1c1ccc(O)c(O)c1O. The molecular weight excluding hydrogens is 170 g/mol. The molecule has 0 saturated heterocycles. The van der Waals surface area contributed by atoms with Gasteiger partial charge < -0.3 is 21.1 Å². The molecule has 5 N–H and O–H groups in total. The zero-order valence-corrected chi connectivity index (χ0v) is 6.94. The van der Waals surface area contributed by atoms with E-state index in [1.165, 1.54) is 6.07 Å². The lowest BCUT2D eigenvalue weighted by Gasteiger charge is -2.05. The van der Waals surface area contributed by atoms with Gasteiger partial charge in [0.1, 0.15) is 0 Å². The molecule has 0 radical (unpaired) electrons. The lowest BCUT2D eigenvalue weighted by molar-refractivity contribution is 0.365. The summed E-state index contributed by atoms with van der Waals surface area (Å²) in [5, 5.41) is 27.7. The van der Waals surface area contributed by atoms with E-state index in [9.17, 15) is 10.2 Å². The van der Waals surface area contributed by atoms with Crippen LogP contribution in [0.2, 0.25) is 0 Å². The van der Waals surface area contributed by atoms with Gasteiger partial charge in [-0.05, 0) is 12.5 Å². The summed E-state index contributed by atoms with van der Waals surface area (Å²) in [4.78, 5) is 0. The zero-order valence-electron chi connectivity index (χ0n) is 6.94. The van der Waals surface area contributed by atoms with Crippen LogP contribution in [0.25, 0.3) is 0 Å². The summed E-state index contributed by atoms with van der Waals surface area (Å²) in [5.41, 5.74) is 6.21. The second-order valence-electron chi connectivity index (χ2n) is 3.38. The first-order valence-electron chi connectivity index (χ1n) is 4.10. The summed E-state index contributed by atoms with van der Waals surface area (Å²) in [6.45, 7) is 0. The molecule has 0 amide bonds. The predicted octanol–water partition coefficient (Wildman–Crippen LogP) is 0.618. The Morgan fingerprint density at radius 2 is 1.77 bits per heavy atom. The van der Waals surface area contributed by atoms with Gasteiger partial charge in [-0.2, -0.15) is 0 Å². The quantitative estimate of drug-likeness (QED) is 0.478. The van der Waals surface area contributed by atoms with Crippen molar-refractivity contribution in [3.8, 4) is 17.2 Å². The number of aromatic hydroxyl groups is 3. The minimum Gasteiger partial charge on any atom is -0.504 e. The fourth-order valence-corrected chi connectivity index (χ4v) is 1.46. The lowest BCUT2D eigenvalue weighted by atomic mass is 10.1. The molecule has 1 aliphatic rings. The van der Waals surface area contributed by atoms with Gasteiger partial charge in [0.15, 0.2) is 11.5 Å². The number of phenols is 3. The summed E-state index contributed by atoms with van der Waals surface area (Å²) in [7, 11) is 0. The Hall–Kier alpha value is -1.42. The third-order valence-electron chi connectivity index (χ3n) is 2.40. The number of benzene rings is 1. The number of phenolic OH excluding ortho intramolecular Hbond substituents is 3. The average Bonchev–Trinajstić information content (AvgIpc) is 2.79. The topological polar surface area (TPSA) is 86.7 Å². The molecule has 13 heavy (non-hydrogen) atoms. The van der Waals surface area contributed by atoms with E-state index in [4.69, 9.17) is 10.8 Å². The van der Waals surface area contributed by atoms with Crippen molar-refractivity contribution in [2.75, 3.05) is 0 Å². The monoisotopic (exact) mass is 181 g/mol. The summed E-state index contributed by atoms with van der Waals surface area (Å²) >= 11 is 0. The van der Waals surface area contributed by atoms with Crippen LogP contribution in [0, 0.1) is 0 Å². The summed E-state index contributed by atoms with van der Waals surface area (Å²) in [6, 6.07) is 3.01. The first kappa shape index (κ1) is 8.19. The molecule has 1 fully saturated rings. The largest absolute Gasteiger partial charge is 0.504 e. The molecule has 0 heterocycles. The standard InChI is InChI=1S/C9H11NO3/c10-6-3-5(6)4-1-2-7(11)9(13)8(4)12/h1-2,5-6,11-13H,3,10H2. The molecular formula is C9H11NO3. The highest BCUT2D eigenvalue weighted by Gasteiger charge is 2.37. The number of rotatable bonds is 1. The van der Waals surface area contributed by atoms with Gasteiger partial charge in [0, 0.05) is 17.5 Å². The maximum Gasteiger partial charge on any atom is 0.200 e. The van der Waals surface area contributed by atoms with Crippen molar-refractivity contribution in [2.45, 2.75) is 18.4 Å². The van der Waals surface area contributed by atoms with Gasteiger partial charge in [0.05, 0.1) is 0 Å². The lowest BCUT2D eigenvalue weighted by Crippen LogP contribution is -2.01. The molecule has 1 aliphatic carbocycles. The summed E-state index contributed by atoms with van der Waals surface area (Å²) in [6.07, 6.45) is 0.817. The van der Waals surface area contributed by atoms with Crippen LogP contribution in [0.5, 0.6) is 17.2 Å². The van der Waals surface area contributed by atoms with E-state index >= 15 is 0 Å². The molecule has 1 aromatic rings. The van der Waals surface area contributed by atoms with Crippen LogP contribution in [-0.2, 0) is 0 Å². The van der Waals surface area contributed by atoms with Gasteiger partial charge in [-0.3, -0.25) is 0 Å². The Kier molecular flexibility index (Phi) is 1.60. The Balaban J connectivity index is 2.43. The number of hydrogen-bond donors (Lipinski definition) is 4. The third-order valence-corrected chi connectivity index (χ3v) is 2.40. The molecule has 0 aliphatic heterocycles. The first-order chi connectivity index (χ1) is 6.11. The first-order valence-corrected chi connectivity index (χ1v) is 4.10. The van der Waals surface area contributed by atoms with Crippen molar-refractivity contribution in [3.05, 3.63) is 17.7 Å². The Morgan fingerprint density at radius 1 is 1.15 bits per heavy atom. The van der Waals surface area contributed by atoms with Crippen LogP contribution >= 0.6 is 0 Å². The zero-order chi connectivity index (χ0) is 9.59. The molecule has 4 heteroatoms. The van der Waals surface area contributed by atoms with Gasteiger partial charge in [-0.15, -0.1) is 0 Å². The van der Waals surface area contributed by atoms with Gasteiger partial charge in [0.25, 0.3) is 0 Å². The van der Waals surface area contributed by atoms with Crippen LogP contribution in [0.1, 0.15) is 17.9 Å². The average molecular weight is 181 g/mol. The van der Waals surface area contributed by atoms with Gasteiger partial charge in [-0.1, -0.05) is 6.07 Å². The fraction of sp³-hybridized carbons (Fsp3) is 0.333. The van der Waals surface area contributed by atoms with E-state index in [1.54, 1.807) is 6.07 Å². The summed E-state index contributed by atoms with van der Waals surface area (Å²) in [5.74, 6) is -0.906. The van der Waals surface area contributed by atoms with Crippen LogP contribution in [0.15, 0.2) is 12.1 Å². The maximum atomic E-state index is 9.44. The molecule has 2 atom stereocenters. The highest BCUT2D eigenvalue weighted by Crippen LogP contribution is 2.48.